The van der Waals surface area contributed by atoms with Gasteiger partial charge in [0.25, 0.3) is 0 Å². The summed E-state index contributed by atoms with van der Waals surface area (Å²) in [7, 11) is 0. The monoisotopic (exact) mass is 705 g/mol. The predicted octanol–water partition coefficient (Wildman–Crippen LogP) is 8.91. The zero-order chi connectivity index (χ0) is 36.7. The van der Waals surface area contributed by atoms with E-state index in [1.807, 2.05) is 43.9 Å². The highest BCUT2D eigenvalue weighted by Crippen LogP contribution is 2.47. The van der Waals surface area contributed by atoms with Gasteiger partial charge >= 0.3 is 12.1 Å². The number of rotatable bonds is 9. The van der Waals surface area contributed by atoms with Crippen molar-refractivity contribution in [2.75, 3.05) is 24.4 Å². The molecule has 2 heterocycles. The highest BCUT2D eigenvalue weighted by molar-refractivity contribution is 8.00. The van der Waals surface area contributed by atoms with Gasteiger partial charge in [0.05, 0.1) is 17.9 Å². The second-order valence-corrected chi connectivity index (χ2v) is 16.8. The summed E-state index contributed by atoms with van der Waals surface area (Å²) in [5, 5.41) is 9.23. The van der Waals surface area contributed by atoms with Crippen LogP contribution in [0.25, 0.3) is 11.3 Å². The van der Waals surface area contributed by atoms with Gasteiger partial charge < -0.3 is 25.2 Å². The number of aryl methyl sites for hydroxylation is 2. The number of nitrogens with two attached hydrogens (primary N) is 1. The van der Waals surface area contributed by atoms with Gasteiger partial charge in [0.15, 0.2) is 0 Å². The van der Waals surface area contributed by atoms with E-state index in [4.69, 9.17) is 20.2 Å². The lowest BCUT2D eigenvalue weighted by molar-refractivity contribution is -0.0217. The number of amides is 1. The second-order valence-electron chi connectivity index (χ2n) is 15.9. The van der Waals surface area contributed by atoms with Crippen LogP contribution in [0.1, 0.15) is 102 Å². The number of hydrogen-bond acceptors (Lipinski definition) is 9. The number of aromatic carboxylic acids is 1. The average molecular weight is 706 g/mol. The summed E-state index contributed by atoms with van der Waals surface area (Å²) < 4.78 is 14.6. The van der Waals surface area contributed by atoms with Crippen molar-refractivity contribution in [2.45, 2.75) is 110 Å². The van der Waals surface area contributed by atoms with E-state index in [-0.39, 0.29) is 17.1 Å². The zero-order valence-electron chi connectivity index (χ0n) is 31.0. The standard InChI is InChI=1S/C26H31N3O3S.C13H24N2O2/c1-17-9-6-10-18(2)23(17)21-16-22(32-14-8-13-26(3,4)5)28-25(27-21)29-33-20-12-7-11-19(15-20)24(30)31;1-12(2,3)17-11(16)15-6-4-5-13(9-15)7-10(14)8-13/h6-7,9-12,15-16H,8,13-14H2,1-5H3,(H,30,31)(H,27,28,29);10H,4-9,14H2,1-3H3. The summed E-state index contributed by atoms with van der Waals surface area (Å²) in [6, 6.07) is 15.1. The van der Waals surface area contributed by atoms with E-state index in [9.17, 15) is 14.7 Å². The minimum absolute atomic E-state index is 0.169. The number of anilines is 1. The van der Waals surface area contributed by atoms with Crippen LogP contribution in [-0.2, 0) is 4.74 Å². The van der Waals surface area contributed by atoms with Crippen LogP contribution in [0.15, 0.2) is 53.4 Å². The maximum Gasteiger partial charge on any atom is 0.410 e. The maximum absolute atomic E-state index is 12.0. The summed E-state index contributed by atoms with van der Waals surface area (Å²) >= 11 is 1.26. The van der Waals surface area contributed by atoms with Crippen LogP contribution in [0.5, 0.6) is 5.88 Å². The van der Waals surface area contributed by atoms with E-state index < -0.39 is 11.6 Å². The van der Waals surface area contributed by atoms with Crippen molar-refractivity contribution >= 4 is 30.0 Å². The Morgan fingerprint density at radius 1 is 1.04 bits per heavy atom. The van der Waals surface area contributed by atoms with Crippen molar-refractivity contribution in [1.29, 1.82) is 0 Å². The van der Waals surface area contributed by atoms with Crippen molar-refractivity contribution in [3.8, 4) is 17.1 Å². The van der Waals surface area contributed by atoms with Crippen LogP contribution in [0, 0.1) is 24.7 Å². The number of hydrogen-bond donors (Lipinski definition) is 3. The predicted molar refractivity (Wildman–Crippen MR) is 201 cm³/mol. The smallest absolute Gasteiger partial charge is 0.410 e. The molecule has 10 nitrogen and oxygen atoms in total. The van der Waals surface area contributed by atoms with Crippen LogP contribution in [0.2, 0.25) is 0 Å². The van der Waals surface area contributed by atoms with Gasteiger partial charge in [0.1, 0.15) is 5.60 Å². The Labute approximate surface area is 302 Å². The van der Waals surface area contributed by atoms with Gasteiger partial charge in [-0.25, -0.2) is 14.6 Å². The topological polar surface area (TPSA) is 140 Å². The summed E-state index contributed by atoms with van der Waals surface area (Å²) in [5.41, 5.74) is 10.3. The van der Waals surface area contributed by atoms with E-state index in [1.165, 1.54) is 18.4 Å². The van der Waals surface area contributed by atoms with E-state index in [1.54, 1.807) is 18.2 Å². The molecule has 1 saturated carbocycles. The zero-order valence-corrected chi connectivity index (χ0v) is 31.8. The first-order chi connectivity index (χ1) is 23.4. The molecule has 2 aliphatic rings. The number of carbonyl (C=O) groups excluding carboxylic acids is 1. The molecule has 0 atom stereocenters. The van der Waals surface area contributed by atoms with Crippen LogP contribution >= 0.6 is 11.9 Å². The third-order valence-corrected chi connectivity index (χ3v) is 9.58. The fourth-order valence-corrected chi connectivity index (χ4v) is 7.18. The fourth-order valence-electron chi connectivity index (χ4n) is 6.54. The summed E-state index contributed by atoms with van der Waals surface area (Å²) in [6.45, 7) is 18.7. The Bertz CT molecular complexity index is 1600. The van der Waals surface area contributed by atoms with Gasteiger partial charge in [0.2, 0.25) is 11.8 Å². The molecule has 1 saturated heterocycles. The fraction of sp³-hybridized carbons (Fsp3) is 0.538. The molecule has 4 N–H and O–H groups in total. The largest absolute Gasteiger partial charge is 0.478 e. The molecule has 50 heavy (non-hydrogen) atoms. The minimum atomic E-state index is -0.961. The molecule has 1 spiro atoms. The molecular formula is C39H55N5O5S. The van der Waals surface area contributed by atoms with E-state index in [2.05, 4.69) is 56.5 Å². The number of nitrogens with one attached hydrogen (secondary N) is 1. The van der Waals surface area contributed by atoms with Crippen molar-refractivity contribution < 1.29 is 24.2 Å². The number of ether oxygens (including phenoxy) is 2. The Kier molecular flexibility index (Phi) is 12.8. The van der Waals surface area contributed by atoms with E-state index in [0.717, 1.165) is 72.5 Å². The molecular weight excluding hydrogens is 651 g/mol. The quantitative estimate of drug-likeness (QED) is 0.146. The third kappa shape index (κ3) is 11.6. The highest BCUT2D eigenvalue weighted by Gasteiger charge is 2.46. The molecule has 0 radical (unpaired) electrons. The highest BCUT2D eigenvalue weighted by atomic mass is 32.2. The maximum atomic E-state index is 12.0. The lowest BCUT2D eigenvalue weighted by atomic mass is 9.62. The van der Waals surface area contributed by atoms with Gasteiger partial charge in [0, 0.05) is 35.7 Å². The molecule has 1 aliphatic carbocycles. The Balaban J connectivity index is 0.000000276. The Hall–Kier alpha value is -3.83. The number of benzene rings is 2. The Morgan fingerprint density at radius 3 is 2.34 bits per heavy atom. The summed E-state index contributed by atoms with van der Waals surface area (Å²) in [4.78, 5) is 35.1. The van der Waals surface area contributed by atoms with Crippen molar-refractivity contribution in [1.82, 2.24) is 14.9 Å². The molecule has 0 unspecified atom stereocenters. The molecule has 2 fully saturated rings. The lowest BCUT2D eigenvalue weighted by Gasteiger charge is -2.51. The molecule has 1 aliphatic heterocycles. The number of carbonyl (C=O) groups is 2. The summed E-state index contributed by atoms with van der Waals surface area (Å²) in [6.07, 6.45) is 6.23. The van der Waals surface area contributed by atoms with Crippen LogP contribution < -0.4 is 15.2 Å². The first-order valence-corrected chi connectivity index (χ1v) is 18.3. The van der Waals surface area contributed by atoms with Gasteiger partial charge in [-0.2, -0.15) is 4.98 Å². The Morgan fingerprint density at radius 2 is 1.72 bits per heavy atom. The first kappa shape index (κ1) is 39.0. The number of nitrogens with zero attached hydrogens (tertiary/aromatic N) is 3. The average Bonchev–Trinajstić information content (AvgIpc) is 3.01. The second kappa shape index (κ2) is 16.5. The number of likely N-dealkylation sites (tertiary alicyclic amines) is 1. The molecule has 1 aromatic heterocycles. The molecule has 272 valence electrons. The first-order valence-electron chi connectivity index (χ1n) is 17.5. The van der Waals surface area contributed by atoms with Crippen LogP contribution in [-0.4, -0.2) is 63.4 Å². The van der Waals surface area contributed by atoms with Crippen LogP contribution in [0.4, 0.5) is 10.7 Å². The van der Waals surface area contributed by atoms with Crippen molar-refractivity contribution in [3.63, 3.8) is 0 Å². The number of carboxylic acid groups (broad SMARTS) is 1. The van der Waals surface area contributed by atoms with E-state index in [0.29, 0.717) is 29.9 Å². The van der Waals surface area contributed by atoms with Gasteiger partial charge in [-0.15, -0.1) is 0 Å². The van der Waals surface area contributed by atoms with Gasteiger partial charge in [-0.3, -0.25) is 4.72 Å². The molecule has 5 rings (SSSR count). The lowest BCUT2D eigenvalue weighted by Crippen LogP contribution is -2.56. The van der Waals surface area contributed by atoms with Gasteiger partial charge in [-0.05, 0) is 125 Å². The van der Waals surface area contributed by atoms with Crippen molar-refractivity contribution in [3.05, 3.63) is 65.2 Å². The number of aromatic nitrogens is 2. The number of piperidine rings is 1. The molecule has 3 aromatic rings. The molecule has 0 bridgehead atoms. The normalized spacial score (nSPS) is 18.8. The van der Waals surface area contributed by atoms with Crippen LogP contribution in [0.3, 0.4) is 0 Å². The van der Waals surface area contributed by atoms with Crippen molar-refractivity contribution in [2.24, 2.45) is 16.6 Å². The number of carboxylic acids is 1. The van der Waals surface area contributed by atoms with E-state index >= 15 is 0 Å². The summed E-state index contributed by atoms with van der Waals surface area (Å²) in [5.74, 6) is -0.0395. The van der Waals surface area contributed by atoms with Gasteiger partial charge in [-0.1, -0.05) is 45.0 Å². The SMILES string of the molecule is CC(C)(C)OC(=O)N1CCCC2(CC(N)C2)C1.Cc1cccc(C)c1-c1cc(OCCCC(C)(C)C)nc(NSc2cccc(C(=O)O)c2)n1. The third-order valence-electron chi connectivity index (χ3n) is 8.81. The molecule has 1 amide bonds. The molecule has 2 aromatic carbocycles. The minimum Gasteiger partial charge on any atom is -0.478 e. The molecule has 11 heteroatoms.